The fourth-order valence-electron chi connectivity index (χ4n) is 2.62. The van der Waals surface area contributed by atoms with Crippen molar-refractivity contribution in [2.24, 2.45) is 0 Å². The van der Waals surface area contributed by atoms with Crippen molar-refractivity contribution in [2.75, 3.05) is 4.72 Å². The first-order chi connectivity index (χ1) is 14.8. The van der Waals surface area contributed by atoms with Gasteiger partial charge in [0, 0.05) is 12.1 Å². The van der Waals surface area contributed by atoms with Crippen molar-refractivity contribution < 1.29 is 22.9 Å². The summed E-state index contributed by atoms with van der Waals surface area (Å²) in [5.41, 5.74) is 0.694. The van der Waals surface area contributed by atoms with Gasteiger partial charge in [-0.2, -0.15) is 5.26 Å². The molecule has 0 saturated carbocycles. The Morgan fingerprint density at radius 2 is 1.77 bits per heavy atom. The highest BCUT2D eigenvalue weighted by Crippen LogP contribution is 2.23. The van der Waals surface area contributed by atoms with E-state index in [9.17, 15) is 23.3 Å². The normalized spacial score (nSPS) is 10.7. The predicted molar refractivity (Wildman–Crippen MR) is 111 cm³/mol. The number of carbonyl (C=O) groups excluding carboxylic acids is 1. The van der Waals surface area contributed by atoms with Gasteiger partial charge in [0.15, 0.2) is 0 Å². The van der Waals surface area contributed by atoms with Crippen LogP contribution in [0.1, 0.15) is 21.5 Å². The topological polar surface area (TPSA) is 139 Å². The van der Waals surface area contributed by atoms with Crippen LogP contribution < -0.4 is 4.72 Å². The van der Waals surface area contributed by atoms with E-state index in [1.54, 1.807) is 30.3 Å². The number of hydrogen-bond acceptors (Lipinski definition) is 7. The Kier molecular flexibility index (Phi) is 6.28. The molecule has 0 bridgehead atoms. The van der Waals surface area contributed by atoms with Crippen LogP contribution in [0.2, 0.25) is 0 Å². The largest absolute Gasteiger partial charge is 0.457 e. The summed E-state index contributed by atoms with van der Waals surface area (Å²) in [6.45, 7) is -0.0729. The molecule has 3 aromatic carbocycles. The molecule has 9 nitrogen and oxygen atoms in total. The van der Waals surface area contributed by atoms with Crippen molar-refractivity contribution in [1.82, 2.24) is 0 Å². The molecular formula is C21H15N3O6S. The maximum Gasteiger partial charge on any atom is 0.340 e. The summed E-state index contributed by atoms with van der Waals surface area (Å²) in [6.07, 6.45) is 0. The summed E-state index contributed by atoms with van der Waals surface area (Å²) in [5.74, 6) is -0.762. The van der Waals surface area contributed by atoms with Crippen LogP contribution in [0.4, 0.5) is 11.4 Å². The van der Waals surface area contributed by atoms with Crippen molar-refractivity contribution in [3.05, 3.63) is 99.6 Å². The average Bonchev–Trinajstić information content (AvgIpc) is 2.78. The van der Waals surface area contributed by atoms with E-state index in [1.165, 1.54) is 36.4 Å². The van der Waals surface area contributed by atoms with Crippen LogP contribution in [0.25, 0.3) is 0 Å². The van der Waals surface area contributed by atoms with E-state index in [0.29, 0.717) is 11.1 Å². The summed E-state index contributed by atoms with van der Waals surface area (Å²) in [5, 5.41) is 19.7. The summed E-state index contributed by atoms with van der Waals surface area (Å²) >= 11 is 0. The van der Waals surface area contributed by atoms with E-state index in [1.807, 2.05) is 6.07 Å². The lowest BCUT2D eigenvalue weighted by molar-refractivity contribution is -0.385. The van der Waals surface area contributed by atoms with Crippen LogP contribution in [-0.4, -0.2) is 19.3 Å². The zero-order chi connectivity index (χ0) is 22.4. The number of ether oxygens (including phenoxy) is 1. The van der Waals surface area contributed by atoms with Crippen LogP contribution in [0.15, 0.2) is 77.7 Å². The van der Waals surface area contributed by atoms with Gasteiger partial charge in [0.25, 0.3) is 15.7 Å². The average molecular weight is 437 g/mol. The van der Waals surface area contributed by atoms with Gasteiger partial charge in [-0.15, -0.1) is 0 Å². The summed E-state index contributed by atoms with van der Waals surface area (Å²) in [6, 6.07) is 18.9. The Morgan fingerprint density at radius 3 is 2.45 bits per heavy atom. The Balaban J connectivity index is 1.79. The lowest BCUT2D eigenvalue weighted by Gasteiger charge is -2.12. The van der Waals surface area contributed by atoms with Gasteiger partial charge >= 0.3 is 5.97 Å². The van der Waals surface area contributed by atoms with Gasteiger partial charge in [-0.05, 0) is 35.9 Å². The van der Waals surface area contributed by atoms with E-state index in [-0.39, 0.29) is 28.4 Å². The number of sulfonamides is 1. The molecule has 10 heteroatoms. The van der Waals surface area contributed by atoms with Crippen LogP contribution >= 0.6 is 0 Å². The lowest BCUT2D eigenvalue weighted by atomic mass is 10.1. The molecule has 3 rings (SSSR count). The maximum atomic E-state index is 12.7. The van der Waals surface area contributed by atoms with Crippen LogP contribution in [0.3, 0.4) is 0 Å². The summed E-state index contributed by atoms with van der Waals surface area (Å²) in [4.78, 5) is 22.4. The second kappa shape index (κ2) is 9.06. The number of nitrogens with zero attached hydrogens (tertiary/aromatic N) is 2. The third-order valence-corrected chi connectivity index (χ3v) is 5.55. The SMILES string of the molecule is N#Cc1ccc(COC(=O)c2ccccc2NS(=O)(=O)c2cccc([N+](=O)[O-])c2)cc1. The molecule has 31 heavy (non-hydrogen) atoms. The van der Waals surface area contributed by atoms with Crippen molar-refractivity contribution in [3.8, 4) is 6.07 Å². The molecule has 0 amide bonds. The minimum absolute atomic E-state index is 0.0230. The highest BCUT2D eigenvalue weighted by Gasteiger charge is 2.21. The zero-order valence-corrected chi connectivity index (χ0v) is 16.7. The van der Waals surface area contributed by atoms with Crippen molar-refractivity contribution >= 4 is 27.4 Å². The molecule has 0 aliphatic carbocycles. The first-order valence-electron chi connectivity index (χ1n) is 8.82. The number of rotatable bonds is 7. The quantitative estimate of drug-likeness (QED) is 0.338. The van der Waals surface area contributed by atoms with Gasteiger partial charge in [0.05, 0.1) is 32.7 Å². The van der Waals surface area contributed by atoms with Crippen molar-refractivity contribution in [1.29, 1.82) is 5.26 Å². The first kappa shape index (κ1) is 21.5. The van der Waals surface area contributed by atoms with Gasteiger partial charge in [-0.1, -0.05) is 30.3 Å². The summed E-state index contributed by atoms with van der Waals surface area (Å²) in [7, 11) is -4.19. The second-order valence-electron chi connectivity index (χ2n) is 6.29. The fourth-order valence-corrected chi connectivity index (χ4v) is 3.74. The molecule has 0 fully saturated rings. The predicted octanol–water partition coefficient (Wildman–Crippen LogP) is 3.62. The number of nitro groups is 1. The number of anilines is 1. The second-order valence-corrected chi connectivity index (χ2v) is 7.97. The number of esters is 1. The minimum Gasteiger partial charge on any atom is -0.457 e. The maximum absolute atomic E-state index is 12.7. The Bertz CT molecular complexity index is 1280. The number of non-ortho nitro benzene ring substituents is 1. The highest BCUT2D eigenvalue weighted by atomic mass is 32.2. The number of nitriles is 1. The molecule has 0 radical (unpaired) electrons. The third-order valence-electron chi connectivity index (χ3n) is 4.18. The standard InChI is InChI=1S/C21H15N3O6S/c22-13-15-8-10-16(11-9-15)14-30-21(25)19-6-1-2-7-20(19)23-31(28,29)18-5-3-4-17(12-18)24(26)27/h1-12,23H,14H2. The van der Waals surface area contributed by atoms with Crippen LogP contribution in [0, 0.1) is 21.4 Å². The molecule has 0 saturated heterocycles. The lowest BCUT2D eigenvalue weighted by Crippen LogP contribution is -2.16. The Labute approximate surface area is 177 Å². The number of para-hydroxylation sites is 1. The van der Waals surface area contributed by atoms with Gasteiger partial charge < -0.3 is 4.74 Å². The molecule has 0 heterocycles. The van der Waals surface area contributed by atoms with Crippen LogP contribution in [0.5, 0.6) is 0 Å². The fraction of sp³-hybridized carbons (Fsp3) is 0.0476. The number of benzene rings is 3. The van der Waals surface area contributed by atoms with Gasteiger partial charge in [-0.3, -0.25) is 14.8 Å². The molecule has 0 aliphatic rings. The molecular weight excluding hydrogens is 422 g/mol. The van der Waals surface area contributed by atoms with Gasteiger partial charge in [-0.25, -0.2) is 13.2 Å². The van der Waals surface area contributed by atoms with E-state index < -0.39 is 20.9 Å². The molecule has 0 aromatic heterocycles. The number of carbonyl (C=O) groups is 1. The van der Waals surface area contributed by atoms with Gasteiger partial charge in [0.2, 0.25) is 0 Å². The third kappa shape index (κ3) is 5.23. The van der Waals surface area contributed by atoms with Crippen molar-refractivity contribution in [2.45, 2.75) is 11.5 Å². The molecule has 0 aliphatic heterocycles. The number of nitro benzene ring substituents is 1. The molecule has 0 spiro atoms. The smallest absolute Gasteiger partial charge is 0.340 e. The van der Waals surface area contributed by atoms with E-state index in [2.05, 4.69) is 4.72 Å². The highest BCUT2D eigenvalue weighted by molar-refractivity contribution is 7.92. The summed E-state index contributed by atoms with van der Waals surface area (Å²) < 4.78 is 32.9. The molecule has 1 N–H and O–H groups in total. The molecule has 0 unspecified atom stereocenters. The zero-order valence-electron chi connectivity index (χ0n) is 15.9. The van der Waals surface area contributed by atoms with Gasteiger partial charge in [0.1, 0.15) is 6.61 Å². The van der Waals surface area contributed by atoms with Crippen LogP contribution in [-0.2, 0) is 21.4 Å². The Morgan fingerprint density at radius 1 is 1.06 bits per heavy atom. The van der Waals surface area contributed by atoms with E-state index >= 15 is 0 Å². The molecule has 0 atom stereocenters. The molecule has 3 aromatic rings. The number of hydrogen-bond donors (Lipinski definition) is 1. The van der Waals surface area contributed by atoms with E-state index in [4.69, 9.17) is 10.00 Å². The van der Waals surface area contributed by atoms with E-state index in [0.717, 1.165) is 6.07 Å². The molecule has 156 valence electrons. The van der Waals surface area contributed by atoms with Crippen molar-refractivity contribution in [3.63, 3.8) is 0 Å². The Hall–Kier alpha value is -4.23. The first-order valence-corrected chi connectivity index (χ1v) is 10.3. The monoisotopic (exact) mass is 437 g/mol. The minimum atomic E-state index is -4.19. The number of nitrogens with one attached hydrogen (secondary N) is 1.